The molecule has 4 aromatic rings. The van der Waals surface area contributed by atoms with Crippen molar-refractivity contribution in [1.29, 1.82) is 0 Å². The summed E-state index contributed by atoms with van der Waals surface area (Å²) in [5.41, 5.74) is 4.51. The summed E-state index contributed by atoms with van der Waals surface area (Å²) in [5.74, 6) is 0.0582. The summed E-state index contributed by atoms with van der Waals surface area (Å²) < 4.78 is 1.86. The number of fused-ring (bicyclic) bond motifs is 1. The van der Waals surface area contributed by atoms with E-state index in [2.05, 4.69) is 52.9 Å². The molecule has 0 radical (unpaired) electrons. The number of aryl methyl sites for hydroxylation is 1. The van der Waals surface area contributed by atoms with E-state index in [0.717, 1.165) is 28.6 Å². The molecule has 0 aliphatic rings. The lowest BCUT2D eigenvalue weighted by molar-refractivity contribution is -0.120. The van der Waals surface area contributed by atoms with Gasteiger partial charge in [-0.1, -0.05) is 66.7 Å². The fourth-order valence-electron chi connectivity index (χ4n) is 3.53. The third-order valence-corrected chi connectivity index (χ3v) is 5.04. The van der Waals surface area contributed by atoms with Gasteiger partial charge >= 0.3 is 0 Å². The highest BCUT2D eigenvalue weighted by atomic mass is 16.1. The molecule has 0 spiro atoms. The van der Waals surface area contributed by atoms with Gasteiger partial charge < -0.3 is 5.32 Å². The van der Waals surface area contributed by atoms with Crippen molar-refractivity contribution in [2.75, 3.05) is 6.54 Å². The lowest BCUT2D eigenvalue weighted by Gasteiger charge is -2.09. The number of carbonyl (C=O) groups is 1. The maximum absolute atomic E-state index is 12.4. The van der Waals surface area contributed by atoms with Gasteiger partial charge in [-0.25, -0.2) is 0 Å². The number of benzene rings is 3. The molecule has 0 unspecified atom stereocenters. The van der Waals surface area contributed by atoms with Crippen LogP contribution >= 0.6 is 0 Å². The number of hydrogen-bond donors (Lipinski definition) is 1. The zero-order valence-electron chi connectivity index (χ0n) is 15.9. The van der Waals surface area contributed by atoms with E-state index in [1.54, 1.807) is 6.20 Å². The van der Waals surface area contributed by atoms with Crippen molar-refractivity contribution in [2.24, 2.45) is 7.05 Å². The minimum absolute atomic E-state index is 0.0582. The Morgan fingerprint density at radius 2 is 1.75 bits per heavy atom. The maximum atomic E-state index is 12.4. The van der Waals surface area contributed by atoms with Gasteiger partial charge in [0.1, 0.15) is 0 Å². The molecule has 1 amide bonds. The molecule has 1 N–H and O–H groups in total. The number of aromatic nitrogens is 2. The second kappa shape index (κ2) is 8.09. The van der Waals surface area contributed by atoms with Gasteiger partial charge in [0.05, 0.1) is 12.1 Å². The van der Waals surface area contributed by atoms with Crippen molar-refractivity contribution in [3.8, 4) is 11.3 Å². The predicted octanol–water partition coefficient (Wildman–Crippen LogP) is 4.14. The zero-order valence-corrected chi connectivity index (χ0v) is 15.9. The van der Waals surface area contributed by atoms with E-state index < -0.39 is 0 Å². The van der Waals surface area contributed by atoms with E-state index in [9.17, 15) is 4.79 Å². The van der Waals surface area contributed by atoms with Crippen molar-refractivity contribution in [3.63, 3.8) is 0 Å². The van der Waals surface area contributed by atoms with Crippen molar-refractivity contribution in [1.82, 2.24) is 15.1 Å². The van der Waals surface area contributed by atoms with Crippen LogP contribution in [0, 0.1) is 0 Å². The van der Waals surface area contributed by atoms with Crippen molar-refractivity contribution in [2.45, 2.75) is 12.8 Å². The van der Waals surface area contributed by atoms with Crippen molar-refractivity contribution in [3.05, 3.63) is 90.1 Å². The van der Waals surface area contributed by atoms with Gasteiger partial charge in [0.2, 0.25) is 5.91 Å². The normalized spacial score (nSPS) is 10.9. The van der Waals surface area contributed by atoms with E-state index in [1.165, 1.54) is 10.9 Å². The molecule has 1 aromatic heterocycles. The Bertz CT molecular complexity index is 1090. The molecule has 4 nitrogen and oxygen atoms in total. The first-order valence-electron chi connectivity index (χ1n) is 9.51. The number of amides is 1. The van der Waals surface area contributed by atoms with Gasteiger partial charge in [-0.3, -0.25) is 9.48 Å². The molecule has 140 valence electrons. The Balaban J connectivity index is 1.32. The van der Waals surface area contributed by atoms with Crippen LogP contribution in [0.3, 0.4) is 0 Å². The Morgan fingerprint density at radius 1 is 0.964 bits per heavy atom. The fourth-order valence-corrected chi connectivity index (χ4v) is 3.53. The van der Waals surface area contributed by atoms with E-state index in [4.69, 9.17) is 0 Å². The molecule has 0 atom stereocenters. The summed E-state index contributed by atoms with van der Waals surface area (Å²) in [6.45, 7) is 0.634. The molecule has 0 saturated heterocycles. The second-order valence-corrected chi connectivity index (χ2v) is 6.95. The van der Waals surface area contributed by atoms with Crippen LogP contribution < -0.4 is 5.32 Å². The Labute approximate surface area is 164 Å². The lowest BCUT2D eigenvalue weighted by atomic mass is 10.0. The van der Waals surface area contributed by atoms with Crippen LogP contribution in [-0.4, -0.2) is 22.2 Å². The zero-order chi connectivity index (χ0) is 19.3. The molecule has 28 heavy (non-hydrogen) atoms. The van der Waals surface area contributed by atoms with Crippen LogP contribution in [0.15, 0.2) is 79.0 Å². The summed E-state index contributed by atoms with van der Waals surface area (Å²) in [6, 6.07) is 24.7. The van der Waals surface area contributed by atoms with Crippen LogP contribution in [0.25, 0.3) is 22.0 Å². The molecule has 0 aliphatic carbocycles. The summed E-state index contributed by atoms with van der Waals surface area (Å²) in [7, 11) is 1.94. The molecule has 4 rings (SSSR count). The highest BCUT2D eigenvalue weighted by molar-refractivity contribution is 5.90. The highest BCUT2D eigenvalue weighted by Gasteiger charge is 2.07. The number of hydrogen-bond acceptors (Lipinski definition) is 2. The van der Waals surface area contributed by atoms with Gasteiger partial charge in [-0.05, 0) is 39.9 Å². The topological polar surface area (TPSA) is 46.9 Å². The van der Waals surface area contributed by atoms with E-state index in [1.807, 2.05) is 42.1 Å². The van der Waals surface area contributed by atoms with Gasteiger partial charge in [-0.2, -0.15) is 5.10 Å². The summed E-state index contributed by atoms with van der Waals surface area (Å²) >= 11 is 0. The predicted molar refractivity (Wildman–Crippen MR) is 113 cm³/mol. The van der Waals surface area contributed by atoms with Crippen LogP contribution in [0.1, 0.15) is 11.1 Å². The van der Waals surface area contributed by atoms with Crippen LogP contribution in [-0.2, 0) is 24.7 Å². The minimum Gasteiger partial charge on any atom is -0.355 e. The smallest absolute Gasteiger partial charge is 0.224 e. The van der Waals surface area contributed by atoms with Crippen LogP contribution in [0.4, 0.5) is 0 Å². The molecule has 0 bridgehead atoms. The molecule has 0 aliphatic heterocycles. The first-order chi connectivity index (χ1) is 13.7. The first kappa shape index (κ1) is 18.0. The Morgan fingerprint density at radius 3 is 2.54 bits per heavy atom. The van der Waals surface area contributed by atoms with Gasteiger partial charge in [-0.15, -0.1) is 0 Å². The largest absolute Gasteiger partial charge is 0.355 e. The Hall–Kier alpha value is -3.40. The van der Waals surface area contributed by atoms with E-state index in [0.29, 0.717) is 13.0 Å². The van der Waals surface area contributed by atoms with Crippen LogP contribution in [0.5, 0.6) is 0 Å². The molecule has 0 saturated carbocycles. The molecule has 1 heterocycles. The number of carbonyl (C=O) groups excluding carboxylic acids is 1. The molecule has 0 fully saturated rings. The standard InChI is InChI=1S/C24H23N3O/c1-27-23(14-16-26-27)20-11-9-18(10-12-20)13-15-25-24(28)17-21-7-4-6-19-5-2-3-8-22(19)21/h2-12,14,16H,13,15,17H2,1H3,(H,25,28). The third-order valence-electron chi connectivity index (χ3n) is 5.04. The monoisotopic (exact) mass is 369 g/mol. The number of nitrogens with zero attached hydrogens (tertiary/aromatic N) is 2. The second-order valence-electron chi connectivity index (χ2n) is 6.95. The van der Waals surface area contributed by atoms with Crippen molar-refractivity contribution < 1.29 is 4.79 Å². The third kappa shape index (κ3) is 3.96. The van der Waals surface area contributed by atoms with Gasteiger partial charge in [0.15, 0.2) is 0 Å². The molecular formula is C24H23N3O. The van der Waals surface area contributed by atoms with Gasteiger partial charge in [0, 0.05) is 19.8 Å². The Kier molecular flexibility index (Phi) is 5.20. The van der Waals surface area contributed by atoms with E-state index in [-0.39, 0.29) is 5.91 Å². The SMILES string of the molecule is Cn1nccc1-c1ccc(CCNC(=O)Cc2cccc3ccccc23)cc1. The summed E-state index contributed by atoms with van der Waals surface area (Å²) in [5, 5.41) is 9.56. The molecular weight excluding hydrogens is 346 g/mol. The average Bonchev–Trinajstić information content (AvgIpc) is 3.15. The van der Waals surface area contributed by atoms with Gasteiger partial charge in [0.25, 0.3) is 0 Å². The lowest BCUT2D eigenvalue weighted by Crippen LogP contribution is -2.27. The molecule has 3 aromatic carbocycles. The first-order valence-corrected chi connectivity index (χ1v) is 9.51. The number of nitrogens with one attached hydrogen (secondary N) is 1. The fraction of sp³-hybridized carbons (Fsp3) is 0.167. The maximum Gasteiger partial charge on any atom is 0.224 e. The minimum atomic E-state index is 0.0582. The summed E-state index contributed by atoms with van der Waals surface area (Å²) in [4.78, 5) is 12.4. The highest BCUT2D eigenvalue weighted by Crippen LogP contribution is 2.20. The van der Waals surface area contributed by atoms with Crippen LogP contribution in [0.2, 0.25) is 0 Å². The summed E-state index contributed by atoms with van der Waals surface area (Å²) in [6.07, 6.45) is 3.02. The number of rotatable bonds is 6. The average molecular weight is 369 g/mol. The quantitative estimate of drug-likeness (QED) is 0.555. The van der Waals surface area contributed by atoms with Crippen molar-refractivity contribution >= 4 is 16.7 Å². The molecule has 4 heteroatoms. The van der Waals surface area contributed by atoms with E-state index >= 15 is 0 Å².